The van der Waals surface area contributed by atoms with Crippen LogP contribution in [0.15, 0.2) is 42.6 Å². The molecule has 0 saturated carbocycles. The van der Waals surface area contributed by atoms with Gasteiger partial charge in [0, 0.05) is 12.6 Å². The summed E-state index contributed by atoms with van der Waals surface area (Å²) >= 11 is 0. The van der Waals surface area contributed by atoms with E-state index in [1.807, 2.05) is 19.1 Å². The van der Waals surface area contributed by atoms with Gasteiger partial charge in [-0.1, -0.05) is 24.3 Å². The maximum absolute atomic E-state index is 5.88. The third kappa shape index (κ3) is 3.34. The van der Waals surface area contributed by atoms with Gasteiger partial charge < -0.3 is 14.8 Å². The molecule has 1 aromatic heterocycles. The van der Waals surface area contributed by atoms with Gasteiger partial charge in [-0.25, -0.2) is 4.98 Å². The molecule has 2 heterocycles. The Morgan fingerprint density at radius 1 is 1.29 bits per heavy atom. The molecule has 1 aliphatic rings. The van der Waals surface area contributed by atoms with E-state index in [1.54, 1.807) is 6.20 Å². The molecule has 0 fully saturated rings. The van der Waals surface area contributed by atoms with Gasteiger partial charge in [0.15, 0.2) is 0 Å². The quantitative estimate of drug-likeness (QED) is 0.915. The van der Waals surface area contributed by atoms with Gasteiger partial charge in [-0.15, -0.1) is 0 Å². The molecule has 1 N–H and O–H groups in total. The molecule has 0 bridgehead atoms. The molecule has 1 atom stereocenters. The summed E-state index contributed by atoms with van der Waals surface area (Å²) in [6.45, 7) is 4.11. The summed E-state index contributed by atoms with van der Waals surface area (Å²) in [5.74, 6) is 0.655. The Balaban J connectivity index is 1.63. The number of nitrogens with zero attached hydrogens (tertiary/aromatic N) is 1. The van der Waals surface area contributed by atoms with Crippen LogP contribution in [0.25, 0.3) is 0 Å². The van der Waals surface area contributed by atoms with Gasteiger partial charge >= 0.3 is 0 Å². The van der Waals surface area contributed by atoms with E-state index in [-0.39, 0.29) is 6.10 Å². The normalized spacial score (nSPS) is 17.1. The highest BCUT2D eigenvalue weighted by molar-refractivity contribution is 5.43. The summed E-state index contributed by atoms with van der Waals surface area (Å²) in [4.78, 5) is 4.25. The van der Waals surface area contributed by atoms with Crippen LogP contribution in [0, 0.1) is 0 Å². The highest BCUT2D eigenvalue weighted by atomic mass is 16.5. The summed E-state index contributed by atoms with van der Waals surface area (Å²) in [6, 6.07) is 12.3. The van der Waals surface area contributed by atoms with Gasteiger partial charge in [0.1, 0.15) is 0 Å². The summed E-state index contributed by atoms with van der Waals surface area (Å²) < 4.78 is 11.2. The van der Waals surface area contributed by atoms with Gasteiger partial charge in [0.25, 0.3) is 0 Å². The number of anilines is 1. The Labute approximate surface area is 125 Å². The molecular weight excluding hydrogens is 264 g/mol. The molecule has 21 heavy (non-hydrogen) atoms. The third-order valence-corrected chi connectivity index (χ3v) is 3.61. The second kappa shape index (κ2) is 6.59. The van der Waals surface area contributed by atoms with Crippen LogP contribution < -0.4 is 10.1 Å². The average Bonchev–Trinajstić information content (AvgIpc) is 2.54. The number of hydrogen-bond acceptors (Lipinski definition) is 4. The highest BCUT2D eigenvalue weighted by Crippen LogP contribution is 2.27. The number of aromatic nitrogens is 1. The van der Waals surface area contributed by atoms with Crippen molar-refractivity contribution in [2.75, 3.05) is 25.1 Å². The van der Waals surface area contributed by atoms with Crippen LogP contribution in [0.2, 0.25) is 0 Å². The van der Waals surface area contributed by atoms with Gasteiger partial charge in [-0.2, -0.15) is 0 Å². The minimum atomic E-state index is 0.0986. The van der Waals surface area contributed by atoms with E-state index in [4.69, 9.17) is 9.47 Å². The maximum atomic E-state index is 5.88. The largest absolute Gasteiger partial charge is 0.478 e. The molecule has 0 spiro atoms. The molecule has 4 heteroatoms. The van der Waals surface area contributed by atoms with Crippen LogP contribution in [0.3, 0.4) is 0 Å². The van der Waals surface area contributed by atoms with Gasteiger partial charge in [-0.05, 0) is 30.5 Å². The zero-order chi connectivity index (χ0) is 14.5. The lowest BCUT2D eigenvalue weighted by molar-refractivity contribution is 0.0513. The number of nitrogens with one attached hydrogen (secondary N) is 1. The molecule has 2 aromatic rings. The fraction of sp³-hybridized carbons (Fsp3) is 0.353. The van der Waals surface area contributed by atoms with E-state index < -0.39 is 0 Å². The molecule has 0 saturated heterocycles. The number of hydrogen-bond donors (Lipinski definition) is 1. The van der Waals surface area contributed by atoms with Crippen LogP contribution >= 0.6 is 0 Å². The molecule has 1 unspecified atom stereocenters. The van der Waals surface area contributed by atoms with Gasteiger partial charge in [0.05, 0.1) is 31.2 Å². The monoisotopic (exact) mass is 284 g/mol. The average molecular weight is 284 g/mol. The Morgan fingerprint density at radius 2 is 2.19 bits per heavy atom. The van der Waals surface area contributed by atoms with Crippen LogP contribution in [-0.2, 0) is 11.2 Å². The van der Waals surface area contributed by atoms with Crippen molar-refractivity contribution in [1.82, 2.24) is 4.98 Å². The second-order valence-electron chi connectivity index (χ2n) is 5.01. The lowest BCUT2D eigenvalue weighted by Gasteiger charge is -2.26. The summed E-state index contributed by atoms with van der Waals surface area (Å²) in [7, 11) is 0. The van der Waals surface area contributed by atoms with Crippen molar-refractivity contribution < 1.29 is 9.47 Å². The number of fused-ring (bicyclic) bond motifs is 1. The zero-order valence-corrected chi connectivity index (χ0v) is 12.2. The number of rotatable bonds is 5. The highest BCUT2D eigenvalue weighted by Gasteiger charge is 2.19. The summed E-state index contributed by atoms with van der Waals surface area (Å²) in [5, 5.41) is 3.38. The summed E-state index contributed by atoms with van der Waals surface area (Å²) in [5.41, 5.74) is 3.65. The fourth-order valence-corrected chi connectivity index (χ4v) is 2.57. The molecule has 1 aliphatic heterocycles. The van der Waals surface area contributed by atoms with Crippen LogP contribution in [-0.4, -0.2) is 24.7 Å². The van der Waals surface area contributed by atoms with Gasteiger partial charge in [-0.3, -0.25) is 0 Å². The first-order valence-electron chi connectivity index (χ1n) is 7.39. The van der Waals surface area contributed by atoms with Crippen molar-refractivity contribution in [1.29, 1.82) is 0 Å². The third-order valence-electron chi connectivity index (χ3n) is 3.61. The fourth-order valence-electron chi connectivity index (χ4n) is 2.57. The summed E-state index contributed by atoms with van der Waals surface area (Å²) in [6.07, 6.45) is 2.89. The van der Waals surface area contributed by atoms with E-state index in [1.165, 1.54) is 11.1 Å². The van der Waals surface area contributed by atoms with E-state index in [2.05, 4.69) is 34.6 Å². The number of ether oxygens (including phenoxy) is 2. The minimum Gasteiger partial charge on any atom is -0.478 e. The van der Waals surface area contributed by atoms with E-state index in [9.17, 15) is 0 Å². The van der Waals surface area contributed by atoms with Crippen molar-refractivity contribution in [3.63, 3.8) is 0 Å². The van der Waals surface area contributed by atoms with Crippen LogP contribution in [0.5, 0.6) is 5.88 Å². The van der Waals surface area contributed by atoms with Crippen molar-refractivity contribution in [2.45, 2.75) is 19.4 Å². The lowest BCUT2D eigenvalue weighted by atomic mass is 9.97. The van der Waals surface area contributed by atoms with Crippen LogP contribution in [0.1, 0.15) is 24.2 Å². The Kier molecular flexibility index (Phi) is 4.36. The van der Waals surface area contributed by atoms with Crippen molar-refractivity contribution in [2.24, 2.45) is 0 Å². The minimum absolute atomic E-state index is 0.0986. The smallest absolute Gasteiger partial charge is 0.213 e. The molecule has 1 aromatic carbocycles. The van der Waals surface area contributed by atoms with Crippen molar-refractivity contribution in [3.05, 3.63) is 53.7 Å². The Hall–Kier alpha value is -2.07. The first kappa shape index (κ1) is 13.9. The Morgan fingerprint density at radius 3 is 3.00 bits per heavy atom. The Bertz CT molecular complexity index is 584. The molecule has 0 radical (unpaired) electrons. The van der Waals surface area contributed by atoms with Gasteiger partial charge in [0.2, 0.25) is 5.88 Å². The SMILES string of the molecule is CCOc1ccc(NCC2OCCc3ccccc32)cn1. The predicted molar refractivity (Wildman–Crippen MR) is 82.7 cm³/mol. The predicted octanol–water partition coefficient (Wildman–Crippen LogP) is 3.21. The van der Waals surface area contributed by atoms with Crippen molar-refractivity contribution >= 4 is 5.69 Å². The van der Waals surface area contributed by atoms with Crippen molar-refractivity contribution in [3.8, 4) is 5.88 Å². The topological polar surface area (TPSA) is 43.4 Å². The first-order valence-corrected chi connectivity index (χ1v) is 7.39. The number of benzene rings is 1. The molecular formula is C17H20N2O2. The first-order chi connectivity index (χ1) is 10.4. The standard InChI is InChI=1S/C17H20N2O2/c1-2-20-17-8-7-14(11-19-17)18-12-16-15-6-4-3-5-13(15)9-10-21-16/h3-8,11,16,18H,2,9-10,12H2,1H3. The zero-order valence-electron chi connectivity index (χ0n) is 12.2. The number of pyridine rings is 1. The second-order valence-corrected chi connectivity index (χ2v) is 5.01. The van der Waals surface area contributed by atoms with E-state index in [0.717, 1.165) is 25.3 Å². The van der Waals surface area contributed by atoms with E-state index >= 15 is 0 Å². The maximum Gasteiger partial charge on any atom is 0.213 e. The molecule has 3 rings (SSSR count). The molecule has 0 aliphatic carbocycles. The molecule has 110 valence electrons. The van der Waals surface area contributed by atoms with E-state index in [0.29, 0.717) is 12.5 Å². The molecule has 4 nitrogen and oxygen atoms in total. The van der Waals surface area contributed by atoms with Crippen LogP contribution in [0.4, 0.5) is 5.69 Å². The molecule has 0 amide bonds. The lowest BCUT2D eigenvalue weighted by Crippen LogP contribution is -2.22.